The smallest absolute Gasteiger partial charge is 0.251 e. The van der Waals surface area contributed by atoms with Crippen LogP contribution in [0.5, 0.6) is 0 Å². The number of hydrogen-bond donors (Lipinski definition) is 1. The van der Waals surface area contributed by atoms with Crippen LogP contribution in [0.2, 0.25) is 5.02 Å². The zero-order valence-electron chi connectivity index (χ0n) is 5.77. The first-order valence-corrected chi connectivity index (χ1v) is 4.14. The second-order valence-electron chi connectivity index (χ2n) is 2.09. The van der Waals surface area contributed by atoms with Crippen LogP contribution in [0, 0.1) is 5.82 Å². The molecule has 5 heteroatoms. The van der Waals surface area contributed by atoms with Crippen LogP contribution >= 0.6 is 27.5 Å². The molecule has 0 radical (unpaired) electrons. The molecule has 1 aromatic carbocycles. The maximum Gasteiger partial charge on any atom is 0.251 e. The Labute approximate surface area is 81.6 Å². The molecule has 0 spiro atoms. The highest BCUT2D eigenvalue weighted by molar-refractivity contribution is 9.10. The number of rotatable bonds is 1. The molecule has 0 saturated heterocycles. The van der Waals surface area contributed by atoms with E-state index in [-0.39, 0.29) is 15.1 Å². The number of halogens is 3. The van der Waals surface area contributed by atoms with Crippen LogP contribution in [-0.4, -0.2) is 5.91 Å². The van der Waals surface area contributed by atoms with E-state index in [9.17, 15) is 9.18 Å². The highest BCUT2D eigenvalue weighted by atomic mass is 79.9. The van der Waals surface area contributed by atoms with Crippen LogP contribution in [-0.2, 0) is 0 Å². The third kappa shape index (κ3) is 1.59. The molecule has 0 aromatic heterocycles. The predicted molar refractivity (Wildman–Crippen MR) is 47.6 cm³/mol. The summed E-state index contributed by atoms with van der Waals surface area (Å²) in [6.07, 6.45) is 0. The summed E-state index contributed by atoms with van der Waals surface area (Å²) in [6, 6.07) is 2.64. The van der Waals surface area contributed by atoms with Gasteiger partial charge in [-0.3, -0.25) is 4.79 Å². The monoisotopic (exact) mass is 251 g/mol. The second kappa shape index (κ2) is 3.41. The minimum Gasteiger partial charge on any atom is -0.366 e. The Hall–Kier alpha value is -0.610. The lowest BCUT2D eigenvalue weighted by Crippen LogP contribution is -2.13. The van der Waals surface area contributed by atoms with E-state index in [2.05, 4.69) is 15.9 Å². The molecule has 0 atom stereocenters. The van der Waals surface area contributed by atoms with E-state index in [0.29, 0.717) is 0 Å². The molecule has 0 heterocycles. The van der Waals surface area contributed by atoms with Crippen molar-refractivity contribution in [2.24, 2.45) is 5.73 Å². The molecule has 2 nitrogen and oxygen atoms in total. The molecule has 64 valence electrons. The van der Waals surface area contributed by atoms with Crippen molar-refractivity contribution in [1.82, 2.24) is 0 Å². The number of nitrogens with two attached hydrogens (primary N) is 1. The Morgan fingerprint density at radius 2 is 2.17 bits per heavy atom. The number of carbonyl (C=O) groups excluding carboxylic acids is 1. The quantitative estimate of drug-likeness (QED) is 0.766. The summed E-state index contributed by atoms with van der Waals surface area (Å²) in [5.74, 6) is -1.54. The lowest BCUT2D eigenvalue weighted by Gasteiger charge is -2.01. The number of amides is 1. The van der Waals surface area contributed by atoms with E-state index in [4.69, 9.17) is 17.3 Å². The molecule has 1 amide bonds. The summed E-state index contributed by atoms with van der Waals surface area (Å²) in [6.45, 7) is 0. The maximum atomic E-state index is 13.1. The molecule has 0 fully saturated rings. The molecule has 2 N–H and O–H groups in total. The highest BCUT2D eigenvalue weighted by Gasteiger charge is 2.13. The van der Waals surface area contributed by atoms with Gasteiger partial charge in [0.1, 0.15) is 0 Å². The van der Waals surface area contributed by atoms with Crippen LogP contribution in [0.4, 0.5) is 4.39 Å². The molecular weight excluding hydrogens is 248 g/mol. The van der Waals surface area contributed by atoms with Gasteiger partial charge in [0.2, 0.25) is 0 Å². The molecule has 1 aromatic rings. The van der Waals surface area contributed by atoms with Crippen molar-refractivity contribution in [3.8, 4) is 0 Å². The van der Waals surface area contributed by atoms with Crippen molar-refractivity contribution >= 4 is 33.4 Å². The second-order valence-corrected chi connectivity index (χ2v) is 3.29. The summed E-state index contributed by atoms with van der Waals surface area (Å²) >= 11 is 8.44. The van der Waals surface area contributed by atoms with Crippen molar-refractivity contribution < 1.29 is 9.18 Å². The lowest BCUT2D eigenvalue weighted by molar-refractivity contribution is 0.0996. The Bertz CT molecular complexity index is 342. The Kier molecular flexibility index (Phi) is 2.69. The summed E-state index contributed by atoms with van der Waals surface area (Å²) < 4.78 is 13.1. The summed E-state index contributed by atoms with van der Waals surface area (Å²) in [7, 11) is 0. The van der Waals surface area contributed by atoms with E-state index in [1.54, 1.807) is 0 Å². The van der Waals surface area contributed by atoms with Crippen molar-refractivity contribution in [1.29, 1.82) is 0 Å². The first kappa shape index (κ1) is 9.48. The normalized spacial score (nSPS) is 9.92. The molecule has 0 aliphatic carbocycles. The van der Waals surface area contributed by atoms with E-state index in [1.807, 2.05) is 0 Å². The van der Waals surface area contributed by atoms with Crippen molar-refractivity contribution in [3.63, 3.8) is 0 Å². The largest absolute Gasteiger partial charge is 0.366 e. The first-order chi connectivity index (χ1) is 5.54. The van der Waals surface area contributed by atoms with E-state index in [1.165, 1.54) is 12.1 Å². The minimum absolute atomic E-state index is 0.0560. The molecular formula is C7H4BrClFNO. The number of carbonyl (C=O) groups is 1. The molecule has 12 heavy (non-hydrogen) atoms. The van der Waals surface area contributed by atoms with Crippen LogP contribution in [0.3, 0.4) is 0 Å². The van der Waals surface area contributed by atoms with Crippen LogP contribution in [0.1, 0.15) is 10.4 Å². The van der Waals surface area contributed by atoms with Gasteiger partial charge in [0, 0.05) is 0 Å². The molecule has 0 bridgehead atoms. The lowest BCUT2D eigenvalue weighted by atomic mass is 10.2. The highest BCUT2D eigenvalue weighted by Crippen LogP contribution is 2.27. The molecule has 0 saturated carbocycles. The van der Waals surface area contributed by atoms with Gasteiger partial charge in [0.15, 0.2) is 5.82 Å². The van der Waals surface area contributed by atoms with Gasteiger partial charge in [-0.15, -0.1) is 0 Å². The minimum atomic E-state index is -0.815. The molecule has 0 unspecified atom stereocenters. The van der Waals surface area contributed by atoms with Gasteiger partial charge < -0.3 is 5.73 Å². The first-order valence-electron chi connectivity index (χ1n) is 2.97. The SMILES string of the molecule is NC(=O)c1ccc(Cl)c(Br)c1F. The molecule has 0 aliphatic rings. The van der Waals surface area contributed by atoms with Gasteiger partial charge in [-0.1, -0.05) is 11.6 Å². The zero-order valence-corrected chi connectivity index (χ0v) is 8.12. The Morgan fingerprint density at radius 1 is 1.58 bits per heavy atom. The van der Waals surface area contributed by atoms with E-state index in [0.717, 1.165) is 0 Å². The third-order valence-electron chi connectivity index (χ3n) is 1.30. The van der Waals surface area contributed by atoms with Gasteiger partial charge in [0.05, 0.1) is 15.1 Å². The van der Waals surface area contributed by atoms with Crippen molar-refractivity contribution in [2.75, 3.05) is 0 Å². The fourth-order valence-corrected chi connectivity index (χ4v) is 1.21. The fraction of sp³-hybridized carbons (Fsp3) is 0. The van der Waals surface area contributed by atoms with Crippen LogP contribution < -0.4 is 5.73 Å². The van der Waals surface area contributed by atoms with Gasteiger partial charge in [-0.2, -0.15) is 0 Å². The van der Waals surface area contributed by atoms with Crippen LogP contribution in [0.25, 0.3) is 0 Å². The average Bonchev–Trinajstić information content (AvgIpc) is 2.00. The summed E-state index contributed by atoms with van der Waals surface area (Å²) in [5, 5.41) is 0.206. The summed E-state index contributed by atoms with van der Waals surface area (Å²) in [4.78, 5) is 10.6. The standard InChI is InChI=1S/C7H4BrClFNO/c8-5-4(9)2-1-3(6(5)10)7(11)12/h1-2H,(H2,11,12). The van der Waals surface area contributed by atoms with E-state index >= 15 is 0 Å². The number of benzene rings is 1. The Morgan fingerprint density at radius 3 is 2.67 bits per heavy atom. The topological polar surface area (TPSA) is 43.1 Å². The average molecular weight is 252 g/mol. The van der Waals surface area contributed by atoms with Gasteiger partial charge in [-0.05, 0) is 28.1 Å². The maximum absolute atomic E-state index is 13.1. The van der Waals surface area contributed by atoms with Crippen molar-refractivity contribution in [3.05, 3.63) is 33.0 Å². The Balaban J connectivity index is 3.36. The summed E-state index contributed by atoms with van der Waals surface area (Å²) in [5.41, 5.74) is 4.72. The van der Waals surface area contributed by atoms with Crippen molar-refractivity contribution in [2.45, 2.75) is 0 Å². The molecule has 1 rings (SSSR count). The number of primary amides is 1. The third-order valence-corrected chi connectivity index (χ3v) is 2.62. The van der Waals surface area contributed by atoms with E-state index < -0.39 is 11.7 Å². The van der Waals surface area contributed by atoms with Gasteiger partial charge in [-0.25, -0.2) is 4.39 Å². The molecule has 0 aliphatic heterocycles. The number of hydrogen-bond acceptors (Lipinski definition) is 1. The predicted octanol–water partition coefficient (Wildman–Crippen LogP) is 2.34. The van der Waals surface area contributed by atoms with Gasteiger partial charge >= 0.3 is 0 Å². The fourth-order valence-electron chi connectivity index (χ4n) is 0.716. The zero-order chi connectivity index (χ0) is 9.30. The van der Waals surface area contributed by atoms with Gasteiger partial charge in [0.25, 0.3) is 5.91 Å². The van der Waals surface area contributed by atoms with Crippen LogP contribution in [0.15, 0.2) is 16.6 Å².